The van der Waals surface area contributed by atoms with E-state index >= 15 is 0 Å². The molecule has 0 saturated heterocycles. The first-order valence-corrected chi connectivity index (χ1v) is 28.1. The van der Waals surface area contributed by atoms with Crippen molar-refractivity contribution in [3.8, 4) is 0 Å². The number of carbonyl (C=O) groups excluding carboxylic acids is 2. The molecule has 0 aromatic rings. The smallest absolute Gasteiger partial charge is 0.456 e. The molecule has 0 bridgehead atoms. The van der Waals surface area contributed by atoms with Gasteiger partial charge in [-0.25, -0.2) is 4.57 Å². The summed E-state index contributed by atoms with van der Waals surface area (Å²) in [7, 11) is 1.44. The summed E-state index contributed by atoms with van der Waals surface area (Å²) in [6, 6.07) is -0.878. The number of unbranched alkanes of at least 4 members (excludes halogenated alkanes) is 16. The molecule has 67 heavy (non-hydrogen) atoms. The van der Waals surface area contributed by atoms with Crippen LogP contribution in [-0.4, -0.2) is 74.3 Å². The van der Waals surface area contributed by atoms with Crippen molar-refractivity contribution < 1.29 is 37.3 Å². The maximum Gasteiger partial charge on any atom is 0.472 e. The molecule has 9 nitrogen and oxygen atoms in total. The molecule has 1 amide bonds. The van der Waals surface area contributed by atoms with Gasteiger partial charge in [-0.05, 0) is 102 Å². The van der Waals surface area contributed by atoms with Gasteiger partial charge < -0.3 is 19.4 Å². The van der Waals surface area contributed by atoms with Crippen LogP contribution in [0.25, 0.3) is 0 Å². The Kier molecular flexibility index (Phi) is 44.5. The maximum absolute atomic E-state index is 13.4. The van der Waals surface area contributed by atoms with E-state index in [0.717, 1.165) is 109 Å². The van der Waals surface area contributed by atoms with Gasteiger partial charge in [0.25, 0.3) is 0 Å². The molecule has 2 N–H and O–H groups in total. The molecule has 0 aromatic heterocycles. The van der Waals surface area contributed by atoms with Gasteiger partial charge in [-0.2, -0.15) is 0 Å². The van der Waals surface area contributed by atoms with Crippen molar-refractivity contribution in [3.63, 3.8) is 0 Å². The van der Waals surface area contributed by atoms with E-state index in [2.05, 4.69) is 111 Å². The number of rotatable bonds is 46. The monoisotopic (exact) mass is 956 g/mol. The molecule has 0 aliphatic heterocycles. The van der Waals surface area contributed by atoms with Gasteiger partial charge in [0, 0.05) is 12.8 Å². The minimum atomic E-state index is -4.46. The van der Waals surface area contributed by atoms with Crippen molar-refractivity contribution >= 4 is 19.7 Å². The van der Waals surface area contributed by atoms with E-state index in [9.17, 15) is 19.0 Å². The quantitative estimate of drug-likeness (QED) is 0.0205. The average Bonchev–Trinajstić information content (AvgIpc) is 3.28. The molecule has 0 saturated carbocycles. The van der Waals surface area contributed by atoms with E-state index in [1.165, 1.54) is 44.9 Å². The summed E-state index contributed by atoms with van der Waals surface area (Å²) in [4.78, 5) is 37.4. The Morgan fingerprint density at radius 3 is 1.45 bits per heavy atom. The first kappa shape index (κ1) is 63.9. The molecule has 0 rings (SSSR count). The van der Waals surface area contributed by atoms with Crippen LogP contribution in [0.15, 0.2) is 97.2 Å². The third-order valence-electron chi connectivity index (χ3n) is 11.0. The molecule has 0 aliphatic carbocycles. The van der Waals surface area contributed by atoms with Crippen LogP contribution in [-0.2, 0) is 27.9 Å². The topological polar surface area (TPSA) is 111 Å². The summed E-state index contributed by atoms with van der Waals surface area (Å²) in [5.74, 6) is -0.578. The number of hydrogen-bond acceptors (Lipinski definition) is 6. The number of allylic oxidation sites excluding steroid dienone is 15. The predicted molar refractivity (Wildman–Crippen MR) is 286 cm³/mol. The first-order chi connectivity index (χ1) is 32.4. The zero-order valence-electron chi connectivity index (χ0n) is 43.6. The number of likely N-dealkylation sites (N-methyl/N-ethyl adjacent to an activating group) is 1. The third-order valence-corrected chi connectivity index (χ3v) is 12.0. The lowest BCUT2D eigenvalue weighted by Crippen LogP contribution is -2.47. The fraction of sp³-hybridized carbons (Fsp3) is 0.684. The van der Waals surface area contributed by atoms with Crippen LogP contribution in [0.4, 0.5) is 0 Å². The van der Waals surface area contributed by atoms with Crippen LogP contribution in [0.1, 0.15) is 201 Å². The van der Waals surface area contributed by atoms with Gasteiger partial charge in [0.05, 0.1) is 33.8 Å². The van der Waals surface area contributed by atoms with Gasteiger partial charge in [0.15, 0.2) is 0 Å². The third kappa shape index (κ3) is 47.8. The summed E-state index contributed by atoms with van der Waals surface area (Å²) in [6.45, 7) is 6.70. The van der Waals surface area contributed by atoms with Crippen molar-refractivity contribution in [2.75, 3.05) is 40.9 Å². The molecule has 0 aromatic carbocycles. The molecule has 3 unspecified atom stereocenters. The second-order valence-corrected chi connectivity index (χ2v) is 20.1. The van der Waals surface area contributed by atoms with Crippen molar-refractivity contribution in [2.45, 2.75) is 213 Å². The molecule has 0 fully saturated rings. The van der Waals surface area contributed by atoms with Crippen LogP contribution in [0, 0.1) is 0 Å². The molecule has 3 atom stereocenters. The predicted octanol–water partition coefficient (Wildman–Crippen LogP) is 15.7. The number of phosphoric ester groups is 1. The minimum absolute atomic E-state index is 0.0249. The highest BCUT2D eigenvalue weighted by Gasteiger charge is 2.30. The Hall–Kier alpha value is -3.07. The molecule has 0 heterocycles. The Morgan fingerprint density at radius 2 is 0.955 bits per heavy atom. The van der Waals surface area contributed by atoms with Crippen LogP contribution >= 0.6 is 7.82 Å². The maximum atomic E-state index is 13.4. The number of ether oxygens (including phenoxy) is 1. The highest BCUT2D eigenvalue weighted by atomic mass is 31.2. The summed E-state index contributed by atoms with van der Waals surface area (Å²) in [5, 5.41) is 3.01. The lowest BCUT2D eigenvalue weighted by atomic mass is 10.1. The van der Waals surface area contributed by atoms with E-state index in [0.29, 0.717) is 23.9 Å². The Bertz CT molecular complexity index is 1470. The van der Waals surface area contributed by atoms with E-state index in [1.807, 2.05) is 33.3 Å². The highest BCUT2D eigenvalue weighted by molar-refractivity contribution is 7.47. The van der Waals surface area contributed by atoms with Crippen molar-refractivity contribution in [3.05, 3.63) is 97.2 Å². The number of carbonyl (C=O) groups is 2. The Morgan fingerprint density at radius 1 is 0.537 bits per heavy atom. The number of phosphoric acid groups is 1. The number of nitrogens with one attached hydrogen (secondary N) is 1. The molecule has 384 valence electrons. The molecular weight excluding hydrogens is 856 g/mol. The Labute approximate surface area is 411 Å². The largest absolute Gasteiger partial charge is 0.472 e. The van der Waals surface area contributed by atoms with Gasteiger partial charge in [-0.1, -0.05) is 183 Å². The first-order valence-electron chi connectivity index (χ1n) is 26.6. The fourth-order valence-electron chi connectivity index (χ4n) is 6.94. The van der Waals surface area contributed by atoms with Gasteiger partial charge in [0.2, 0.25) is 5.91 Å². The van der Waals surface area contributed by atoms with Crippen LogP contribution < -0.4 is 5.32 Å². The zero-order chi connectivity index (χ0) is 49.4. The van der Waals surface area contributed by atoms with Crippen LogP contribution in [0.2, 0.25) is 0 Å². The second-order valence-electron chi connectivity index (χ2n) is 18.6. The SMILES string of the molecule is CC/C=C/C/C=C/C/C=C/C/C=C/CCCCCC(=O)NC(COP(=O)(O)OCC[N+](C)(C)C)C(/C=C/CCCCCCCCCCC)OC(=O)CCCCCC/C=C/C/C=C/C/C=C/CC. The molecular formula is C57H100N2O7P+. The van der Waals surface area contributed by atoms with E-state index < -0.39 is 20.0 Å². The molecule has 10 heteroatoms. The van der Waals surface area contributed by atoms with E-state index in [4.69, 9.17) is 13.8 Å². The van der Waals surface area contributed by atoms with E-state index in [1.54, 1.807) is 0 Å². The number of esters is 1. The van der Waals surface area contributed by atoms with Crippen LogP contribution in [0.5, 0.6) is 0 Å². The second kappa shape index (κ2) is 46.6. The summed E-state index contributed by atoms with van der Waals surface area (Å²) in [5.41, 5.74) is 0. The summed E-state index contributed by atoms with van der Waals surface area (Å²) < 4.78 is 30.5. The molecule has 0 spiro atoms. The highest BCUT2D eigenvalue weighted by Crippen LogP contribution is 2.43. The lowest BCUT2D eigenvalue weighted by Gasteiger charge is -2.27. The van der Waals surface area contributed by atoms with Gasteiger partial charge in [0.1, 0.15) is 19.3 Å². The number of quaternary nitrogens is 1. The van der Waals surface area contributed by atoms with Gasteiger partial charge in [-0.3, -0.25) is 18.6 Å². The normalized spacial score (nSPS) is 14.7. The Balaban J connectivity index is 5.49. The van der Waals surface area contributed by atoms with Crippen molar-refractivity contribution in [1.82, 2.24) is 5.32 Å². The van der Waals surface area contributed by atoms with Crippen LogP contribution in [0.3, 0.4) is 0 Å². The minimum Gasteiger partial charge on any atom is -0.456 e. The zero-order valence-corrected chi connectivity index (χ0v) is 44.5. The number of hydrogen-bond donors (Lipinski definition) is 2. The summed E-state index contributed by atoms with van der Waals surface area (Å²) >= 11 is 0. The summed E-state index contributed by atoms with van der Waals surface area (Å²) in [6.07, 6.45) is 61.2. The fourth-order valence-corrected chi connectivity index (χ4v) is 7.68. The standard InChI is InChI=1S/C57H99N2O7P/c1-7-10-13-16-19-22-25-27-29-30-31-34-37-40-43-46-49-56(60)58-54(53-65-67(62,63)64-52-51-59(4,5)6)55(48-45-42-39-36-33-24-21-18-15-12-9-3)66-57(61)50-47-44-41-38-35-32-28-26-23-20-17-14-11-8-2/h10-11,13-14,19-20,22-23,27-29,31-32,34,45,48,54-55H,7-9,12,15-18,21,24-26,30,33,35-44,46-47,49-53H2,1-6H3,(H-,58,60,62,63)/p+1/b13-10+,14-11+,22-19+,23-20+,29-27+,32-28+,34-31+,48-45+. The molecule has 0 radical (unpaired) electrons. The van der Waals surface area contributed by atoms with E-state index in [-0.39, 0.29) is 37.9 Å². The molecule has 0 aliphatic rings. The van der Waals surface area contributed by atoms with Gasteiger partial charge in [-0.15, -0.1) is 0 Å². The van der Waals surface area contributed by atoms with Gasteiger partial charge >= 0.3 is 13.8 Å². The van der Waals surface area contributed by atoms with Crippen molar-refractivity contribution in [1.29, 1.82) is 0 Å². The van der Waals surface area contributed by atoms with Crippen molar-refractivity contribution in [2.24, 2.45) is 0 Å². The lowest BCUT2D eigenvalue weighted by molar-refractivity contribution is -0.870. The number of nitrogens with zero attached hydrogens (tertiary/aromatic N) is 1. The average molecular weight is 956 g/mol. The number of amides is 1.